The number of rotatable bonds is 3. The number of carboxylic acid groups (broad SMARTS) is 1. The standard InChI is InChI=1S/C11H7BrFNO3S/c1-17-7-3-2-5(13)4-6(7)10-14-9(12)8(18-10)11(15)16/h2-4H,1H3,(H,15,16). The predicted octanol–water partition coefficient (Wildman–Crippen LogP) is 3.42. The summed E-state index contributed by atoms with van der Waals surface area (Å²) in [5, 5.41) is 9.33. The van der Waals surface area contributed by atoms with Crippen LogP contribution in [0.5, 0.6) is 5.75 Å². The second-order valence-corrected chi connectivity index (χ2v) is 5.04. The van der Waals surface area contributed by atoms with E-state index in [9.17, 15) is 9.18 Å². The molecule has 94 valence electrons. The molecule has 4 nitrogen and oxygen atoms in total. The molecule has 0 spiro atoms. The van der Waals surface area contributed by atoms with Gasteiger partial charge in [-0.25, -0.2) is 14.2 Å². The minimum absolute atomic E-state index is 0.0660. The molecule has 1 N–H and O–H groups in total. The Labute approximate surface area is 114 Å². The highest BCUT2D eigenvalue weighted by molar-refractivity contribution is 9.10. The van der Waals surface area contributed by atoms with Gasteiger partial charge in [-0.15, -0.1) is 11.3 Å². The molecule has 0 atom stereocenters. The maximum atomic E-state index is 13.2. The highest BCUT2D eigenvalue weighted by atomic mass is 79.9. The number of methoxy groups -OCH3 is 1. The van der Waals surface area contributed by atoms with Crippen LogP contribution in [0.25, 0.3) is 10.6 Å². The number of aromatic nitrogens is 1. The Morgan fingerprint density at radius 1 is 1.56 bits per heavy atom. The Kier molecular flexibility index (Phi) is 3.63. The van der Waals surface area contributed by atoms with Gasteiger partial charge in [-0.2, -0.15) is 0 Å². The van der Waals surface area contributed by atoms with Crippen molar-refractivity contribution in [3.63, 3.8) is 0 Å². The Morgan fingerprint density at radius 2 is 2.28 bits per heavy atom. The summed E-state index contributed by atoms with van der Waals surface area (Å²) in [6.07, 6.45) is 0. The van der Waals surface area contributed by atoms with E-state index in [1.807, 2.05) is 0 Å². The van der Waals surface area contributed by atoms with Crippen molar-refractivity contribution >= 4 is 33.2 Å². The molecule has 0 aliphatic heterocycles. The molecule has 0 aliphatic carbocycles. The van der Waals surface area contributed by atoms with Gasteiger partial charge in [-0.3, -0.25) is 0 Å². The van der Waals surface area contributed by atoms with Gasteiger partial charge in [0.1, 0.15) is 26.1 Å². The zero-order chi connectivity index (χ0) is 13.3. The molecule has 1 heterocycles. The lowest BCUT2D eigenvalue weighted by Crippen LogP contribution is -1.91. The van der Waals surface area contributed by atoms with Crippen LogP contribution in [0.2, 0.25) is 0 Å². The Bertz CT molecular complexity index is 614. The maximum absolute atomic E-state index is 13.2. The molecule has 2 aromatic rings. The summed E-state index contributed by atoms with van der Waals surface area (Å²) in [6.45, 7) is 0. The number of halogens is 2. The monoisotopic (exact) mass is 331 g/mol. The van der Waals surface area contributed by atoms with Crippen LogP contribution in [-0.2, 0) is 0 Å². The van der Waals surface area contributed by atoms with Gasteiger partial charge in [0.05, 0.1) is 12.7 Å². The highest BCUT2D eigenvalue weighted by Gasteiger charge is 2.18. The van der Waals surface area contributed by atoms with Gasteiger partial charge in [0.25, 0.3) is 0 Å². The van der Waals surface area contributed by atoms with E-state index in [1.54, 1.807) is 0 Å². The smallest absolute Gasteiger partial charge is 0.348 e. The zero-order valence-electron chi connectivity index (χ0n) is 9.11. The number of carboxylic acids is 1. The first kappa shape index (κ1) is 13.0. The second kappa shape index (κ2) is 5.03. The maximum Gasteiger partial charge on any atom is 0.348 e. The molecule has 0 unspecified atom stereocenters. The average Bonchev–Trinajstić information content (AvgIpc) is 2.71. The molecule has 7 heteroatoms. The van der Waals surface area contributed by atoms with E-state index < -0.39 is 11.8 Å². The fourth-order valence-electron chi connectivity index (χ4n) is 1.40. The zero-order valence-corrected chi connectivity index (χ0v) is 11.5. The van der Waals surface area contributed by atoms with Crippen LogP contribution in [0.3, 0.4) is 0 Å². The molecule has 0 saturated carbocycles. The summed E-state index contributed by atoms with van der Waals surface area (Å²) in [5.74, 6) is -1.08. The Morgan fingerprint density at radius 3 is 2.83 bits per heavy atom. The van der Waals surface area contributed by atoms with E-state index >= 15 is 0 Å². The Hall–Kier alpha value is -1.47. The van der Waals surface area contributed by atoms with Crippen molar-refractivity contribution in [2.75, 3.05) is 7.11 Å². The highest BCUT2D eigenvalue weighted by Crippen LogP contribution is 2.36. The molecular formula is C11H7BrFNO3S. The number of hydrogen-bond donors (Lipinski definition) is 1. The second-order valence-electron chi connectivity index (χ2n) is 3.29. The molecule has 0 bridgehead atoms. The minimum Gasteiger partial charge on any atom is -0.496 e. The Balaban J connectivity index is 2.58. The average molecular weight is 332 g/mol. The van der Waals surface area contributed by atoms with Crippen molar-refractivity contribution in [1.82, 2.24) is 4.98 Å². The van der Waals surface area contributed by atoms with Crippen molar-refractivity contribution < 1.29 is 19.0 Å². The summed E-state index contributed by atoms with van der Waals surface area (Å²) < 4.78 is 18.6. The fourth-order valence-corrected chi connectivity index (χ4v) is 2.92. The first-order valence-electron chi connectivity index (χ1n) is 4.76. The van der Waals surface area contributed by atoms with Gasteiger partial charge in [0.2, 0.25) is 0 Å². The molecule has 2 rings (SSSR count). The molecule has 0 aliphatic rings. The summed E-state index contributed by atoms with van der Waals surface area (Å²) in [7, 11) is 1.46. The molecule has 1 aromatic carbocycles. The van der Waals surface area contributed by atoms with E-state index in [4.69, 9.17) is 9.84 Å². The van der Waals surface area contributed by atoms with Crippen molar-refractivity contribution in [3.05, 3.63) is 33.5 Å². The summed E-state index contributed by atoms with van der Waals surface area (Å²) >= 11 is 4.02. The quantitative estimate of drug-likeness (QED) is 0.936. The number of aromatic carboxylic acids is 1. The topological polar surface area (TPSA) is 59.4 Å². The molecule has 1 aromatic heterocycles. The molecule has 18 heavy (non-hydrogen) atoms. The van der Waals surface area contributed by atoms with Crippen molar-refractivity contribution in [2.45, 2.75) is 0 Å². The van der Waals surface area contributed by atoms with Crippen molar-refractivity contribution in [1.29, 1.82) is 0 Å². The minimum atomic E-state index is -1.08. The van der Waals surface area contributed by atoms with E-state index in [1.165, 1.54) is 25.3 Å². The van der Waals surface area contributed by atoms with Crippen LogP contribution in [0.1, 0.15) is 9.67 Å². The number of carbonyl (C=O) groups is 1. The number of ether oxygens (including phenoxy) is 1. The largest absolute Gasteiger partial charge is 0.496 e. The van der Waals surface area contributed by atoms with Crippen LogP contribution in [0.15, 0.2) is 22.8 Å². The summed E-state index contributed by atoms with van der Waals surface area (Å²) in [5.41, 5.74) is 0.427. The molecule has 0 fully saturated rings. The SMILES string of the molecule is COc1ccc(F)cc1-c1nc(Br)c(C(=O)O)s1. The summed E-state index contributed by atoms with van der Waals surface area (Å²) in [6, 6.07) is 4.00. The van der Waals surface area contributed by atoms with Crippen LogP contribution in [0, 0.1) is 5.82 Å². The van der Waals surface area contributed by atoms with E-state index in [2.05, 4.69) is 20.9 Å². The van der Waals surface area contributed by atoms with Crippen molar-refractivity contribution in [3.8, 4) is 16.3 Å². The van der Waals surface area contributed by atoms with Crippen LogP contribution < -0.4 is 4.74 Å². The number of benzene rings is 1. The normalized spacial score (nSPS) is 10.4. The van der Waals surface area contributed by atoms with Gasteiger partial charge >= 0.3 is 5.97 Å². The van der Waals surface area contributed by atoms with Gasteiger partial charge in [0, 0.05) is 0 Å². The van der Waals surface area contributed by atoms with Crippen LogP contribution >= 0.6 is 27.3 Å². The number of thiazole rings is 1. The fraction of sp³-hybridized carbons (Fsp3) is 0.0909. The lowest BCUT2D eigenvalue weighted by atomic mass is 10.2. The first-order valence-corrected chi connectivity index (χ1v) is 6.37. The van der Waals surface area contributed by atoms with Crippen LogP contribution in [-0.4, -0.2) is 23.2 Å². The third-order valence-corrected chi connectivity index (χ3v) is 4.08. The predicted molar refractivity (Wildman–Crippen MR) is 68.7 cm³/mol. The van der Waals surface area contributed by atoms with Crippen LogP contribution in [0.4, 0.5) is 4.39 Å². The molecule has 0 radical (unpaired) electrons. The summed E-state index contributed by atoms with van der Waals surface area (Å²) in [4.78, 5) is 15.0. The van der Waals surface area contributed by atoms with Crippen molar-refractivity contribution in [2.24, 2.45) is 0 Å². The number of nitrogens with zero attached hydrogens (tertiary/aromatic N) is 1. The lowest BCUT2D eigenvalue weighted by molar-refractivity contribution is 0.0701. The van der Waals surface area contributed by atoms with E-state index in [0.29, 0.717) is 16.3 Å². The lowest BCUT2D eigenvalue weighted by Gasteiger charge is -2.05. The third kappa shape index (κ3) is 2.37. The van der Waals surface area contributed by atoms with E-state index in [0.717, 1.165) is 11.3 Å². The first-order chi connectivity index (χ1) is 8.52. The van der Waals surface area contributed by atoms with E-state index in [-0.39, 0.29) is 9.48 Å². The van der Waals surface area contributed by atoms with Gasteiger partial charge in [-0.05, 0) is 34.1 Å². The van der Waals surface area contributed by atoms with Gasteiger partial charge in [-0.1, -0.05) is 0 Å². The third-order valence-electron chi connectivity index (χ3n) is 2.17. The van der Waals surface area contributed by atoms with Gasteiger partial charge in [0.15, 0.2) is 0 Å². The number of hydrogen-bond acceptors (Lipinski definition) is 4. The molecular weight excluding hydrogens is 325 g/mol. The molecule has 0 saturated heterocycles. The molecule has 0 amide bonds. The van der Waals surface area contributed by atoms with Gasteiger partial charge < -0.3 is 9.84 Å².